The monoisotopic (exact) mass is 323 g/mol. The molecule has 0 unspecified atom stereocenters. The molecule has 0 aromatic carbocycles. The lowest BCUT2D eigenvalue weighted by Gasteiger charge is -2.32. The van der Waals surface area contributed by atoms with E-state index in [1.807, 2.05) is 27.7 Å². The van der Waals surface area contributed by atoms with Crippen LogP contribution >= 0.6 is 0 Å². The summed E-state index contributed by atoms with van der Waals surface area (Å²) < 4.78 is 6.89. The van der Waals surface area contributed by atoms with Gasteiger partial charge in [-0.15, -0.1) is 0 Å². The number of nitrogens with zero attached hydrogens (tertiary/aromatic N) is 3. The Morgan fingerprint density at radius 2 is 1.96 bits per heavy atom. The summed E-state index contributed by atoms with van der Waals surface area (Å²) in [6.07, 6.45) is 1.24. The normalized spacial score (nSPS) is 16.4. The number of likely N-dealkylation sites (tertiary alicyclic amines) is 1. The van der Waals surface area contributed by atoms with E-state index in [2.05, 4.69) is 5.10 Å². The average Bonchev–Trinajstić information content (AvgIpc) is 2.90. The van der Waals surface area contributed by atoms with Gasteiger partial charge in [0.15, 0.2) is 0 Å². The number of carboxylic acids is 1. The number of aryl methyl sites for hydroxylation is 1. The van der Waals surface area contributed by atoms with Crippen molar-refractivity contribution in [3.05, 3.63) is 17.5 Å². The van der Waals surface area contributed by atoms with Gasteiger partial charge in [0.05, 0.1) is 5.69 Å². The van der Waals surface area contributed by atoms with E-state index in [0.717, 1.165) is 18.5 Å². The van der Waals surface area contributed by atoms with Gasteiger partial charge < -0.3 is 14.7 Å². The second kappa shape index (κ2) is 6.60. The zero-order valence-electron chi connectivity index (χ0n) is 14.2. The van der Waals surface area contributed by atoms with Crippen LogP contribution in [0.25, 0.3) is 0 Å². The van der Waals surface area contributed by atoms with Crippen molar-refractivity contribution >= 4 is 12.1 Å². The second-order valence-electron chi connectivity index (χ2n) is 6.82. The molecule has 128 valence electrons. The van der Waals surface area contributed by atoms with Gasteiger partial charge in [0.2, 0.25) is 0 Å². The SMILES string of the molecule is CCn1nc(C2CCN(C(=O)OC(C)(C)C)CC2)cc1C(=O)O. The Morgan fingerprint density at radius 1 is 1.35 bits per heavy atom. The number of carbonyl (C=O) groups excluding carboxylic acids is 1. The summed E-state index contributed by atoms with van der Waals surface area (Å²) in [7, 11) is 0. The van der Waals surface area contributed by atoms with E-state index in [0.29, 0.717) is 19.6 Å². The molecule has 0 atom stereocenters. The predicted molar refractivity (Wildman–Crippen MR) is 84.6 cm³/mol. The molecule has 1 aromatic rings. The van der Waals surface area contributed by atoms with Crippen LogP contribution in [0.3, 0.4) is 0 Å². The standard InChI is InChI=1S/C16H25N3O4/c1-5-19-13(14(20)21)10-12(17-19)11-6-8-18(9-7-11)15(22)23-16(2,3)4/h10-11H,5-9H2,1-4H3,(H,20,21). The molecule has 1 aromatic heterocycles. The summed E-state index contributed by atoms with van der Waals surface area (Å²) in [5.41, 5.74) is 0.523. The number of carbonyl (C=O) groups is 2. The Balaban J connectivity index is 1.99. The molecule has 1 amide bonds. The second-order valence-corrected chi connectivity index (χ2v) is 6.82. The topological polar surface area (TPSA) is 84.7 Å². The number of piperidine rings is 1. The molecule has 7 heteroatoms. The largest absolute Gasteiger partial charge is 0.477 e. The molecule has 1 N–H and O–H groups in total. The molecule has 0 aliphatic carbocycles. The average molecular weight is 323 g/mol. The quantitative estimate of drug-likeness (QED) is 0.924. The van der Waals surface area contributed by atoms with Crippen molar-refractivity contribution < 1.29 is 19.4 Å². The molecule has 2 heterocycles. The van der Waals surface area contributed by atoms with Crippen LogP contribution in [0.15, 0.2) is 6.07 Å². The van der Waals surface area contributed by atoms with E-state index in [-0.39, 0.29) is 17.7 Å². The number of aromatic nitrogens is 2. The van der Waals surface area contributed by atoms with Crippen LogP contribution in [0.1, 0.15) is 62.6 Å². The Hall–Kier alpha value is -2.05. The molecular formula is C16H25N3O4. The lowest BCUT2D eigenvalue weighted by molar-refractivity contribution is 0.0203. The summed E-state index contributed by atoms with van der Waals surface area (Å²) in [6, 6.07) is 1.65. The summed E-state index contributed by atoms with van der Waals surface area (Å²) in [5, 5.41) is 13.6. The lowest BCUT2D eigenvalue weighted by atomic mass is 9.93. The molecule has 1 fully saturated rings. The van der Waals surface area contributed by atoms with Gasteiger partial charge in [0.25, 0.3) is 0 Å². The fraction of sp³-hybridized carbons (Fsp3) is 0.688. The first kappa shape index (κ1) is 17.3. The van der Waals surface area contributed by atoms with Crippen molar-refractivity contribution in [1.82, 2.24) is 14.7 Å². The van der Waals surface area contributed by atoms with Crippen LogP contribution in [0, 0.1) is 0 Å². The van der Waals surface area contributed by atoms with Crippen LogP contribution in [-0.4, -0.2) is 50.5 Å². The zero-order valence-corrected chi connectivity index (χ0v) is 14.2. The molecule has 0 saturated carbocycles. The van der Waals surface area contributed by atoms with Crippen LogP contribution < -0.4 is 0 Å². The number of amides is 1. The van der Waals surface area contributed by atoms with E-state index < -0.39 is 11.6 Å². The third-order valence-electron chi connectivity index (χ3n) is 3.88. The fourth-order valence-electron chi connectivity index (χ4n) is 2.73. The third-order valence-corrected chi connectivity index (χ3v) is 3.88. The van der Waals surface area contributed by atoms with Crippen LogP contribution in [-0.2, 0) is 11.3 Å². The van der Waals surface area contributed by atoms with Gasteiger partial charge in [0, 0.05) is 25.6 Å². The minimum Gasteiger partial charge on any atom is -0.477 e. The molecule has 0 radical (unpaired) electrons. The molecule has 1 aliphatic rings. The van der Waals surface area contributed by atoms with Crippen LogP contribution in [0.4, 0.5) is 4.79 Å². The summed E-state index contributed by atoms with van der Waals surface area (Å²) in [4.78, 5) is 25.0. The van der Waals surface area contributed by atoms with Crippen molar-refractivity contribution in [3.63, 3.8) is 0 Å². The number of carboxylic acid groups (broad SMARTS) is 1. The first-order chi connectivity index (χ1) is 10.7. The number of aromatic carboxylic acids is 1. The fourth-order valence-corrected chi connectivity index (χ4v) is 2.73. The highest BCUT2D eigenvalue weighted by Crippen LogP contribution is 2.28. The Labute approximate surface area is 136 Å². The maximum absolute atomic E-state index is 12.1. The van der Waals surface area contributed by atoms with E-state index in [4.69, 9.17) is 4.74 Å². The summed E-state index contributed by atoms with van der Waals surface area (Å²) >= 11 is 0. The molecular weight excluding hydrogens is 298 g/mol. The van der Waals surface area contributed by atoms with Gasteiger partial charge in [-0.25, -0.2) is 9.59 Å². The summed E-state index contributed by atoms with van der Waals surface area (Å²) in [6.45, 7) is 9.14. The highest BCUT2D eigenvalue weighted by Gasteiger charge is 2.29. The number of ether oxygens (including phenoxy) is 1. The molecule has 23 heavy (non-hydrogen) atoms. The van der Waals surface area contributed by atoms with Gasteiger partial charge in [-0.2, -0.15) is 5.10 Å². The maximum atomic E-state index is 12.1. The Kier molecular flexibility index (Phi) is 4.97. The highest BCUT2D eigenvalue weighted by atomic mass is 16.6. The van der Waals surface area contributed by atoms with Gasteiger partial charge in [-0.05, 0) is 46.6 Å². The van der Waals surface area contributed by atoms with Crippen molar-refractivity contribution in [2.75, 3.05) is 13.1 Å². The van der Waals surface area contributed by atoms with E-state index >= 15 is 0 Å². The molecule has 2 rings (SSSR count). The molecule has 7 nitrogen and oxygen atoms in total. The van der Waals surface area contributed by atoms with Gasteiger partial charge in [0.1, 0.15) is 11.3 Å². The summed E-state index contributed by atoms with van der Waals surface area (Å²) in [5.74, 6) is -0.781. The number of hydrogen-bond donors (Lipinski definition) is 1. The third kappa shape index (κ3) is 4.24. The molecule has 1 saturated heterocycles. The Morgan fingerprint density at radius 3 is 2.39 bits per heavy atom. The van der Waals surface area contributed by atoms with E-state index in [1.54, 1.807) is 11.0 Å². The molecule has 0 spiro atoms. The van der Waals surface area contributed by atoms with E-state index in [9.17, 15) is 14.7 Å². The van der Waals surface area contributed by atoms with Crippen molar-refractivity contribution in [2.24, 2.45) is 0 Å². The smallest absolute Gasteiger partial charge is 0.410 e. The van der Waals surface area contributed by atoms with Gasteiger partial charge >= 0.3 is 12.1 Å². The van der Waals surface area contributed by atoms with Crippen molar-refractivity contribution in [2.45, 2.75) is 58.6 Å². The first-order valence-corrected chi connectivity index (χ1v) is 8.00. The van der Waals surface area contributed by atoms with Crippen molar-refractivity contribution in [1.29, 1.82) is 0 Å². The Bertz CT molecular complexity index is 581. The maximum Gasteiger partial charge on any atom is 0.410 e. The number of rotatable bonds is 3. The minimum absolute atomic E-state index is 0.180. The van der Waals surface area contributed by atoms with Crippen LogP contribution in [0.5, 0.6) is 0 Å². The molecule has 0 bridgehead atoms. The molecule has 1 aliphatic heterocycles. The van der Waals surface area contributed by atoms with E-state index in [1.165, 1.54) is 4.68 Å². The van der Waals surface area contributed by atoms with Gasteiger partial charge in [-0.3, -0.25) is 4.68 Å². The van der Waals surface area contributed by atoms with Gasteiger partial charge in [-0.1, -0.05) is 0 Å². The zero-order chi connectivity index (χ0) is 17.2. The first-order valence-electron chi connectivity index (χ1n) is 8.00. The number of hydrogen-bond acceptors (Lipinski definition) is 4. The highest BCUT2D eigenvalue weighted by molar-refractivity contribution is 5.85. The minimum atomic E-state index is -0.961. The van der Waals surface area contributed by atoms with Crippen molar-refractivity contribution in [3.8, 4) is 0 Å². The predicted octanol–water partition coefficient (Wildman–Crippen LogP) is 2.72. The van der Waals surface area contributed by atoms with Crippen LogP contribution in [0.2, 0.25) is 0 Å². The lowest BCUT2D eigenvalue weighted by Crippen LogP contribution is -2.41.